The highest BCUT2D eigenvalue weighted by Crippen LogP contribution is 2.19. The molecule has 1 aliphatic heterocycles. The van der Waals surface area contributed by atoms with Crippen LogP contribution in [0.25, 0.3) is 0 Å². The first-order chi connectivity index (χ1) is 9.95. The maximum atomic E-state index is 11.7. The van der Waals surface area contributed by atoms with Crippen LogP contribution < -0.4 is 10.1 Å². The van der Waals surface area contributed by atoms with Crippen molar-refractivity contribution < 1.29 is 24.4 Å². The summed E-state index contributed by atoms with van der Waals surface area (Å²) in [6, 6.07) is 4.34. The number of nitrogens with zero attached hydrogens (tertiary/aromatic N) is 1. The van der Waals surface area contributed by atoms with Crippen molar-refractivity contribution in [3.05, 3.63) is 34.4 Å². The van der Waals surface area contributed by atoms with Crippen LogP contribution in [0.15, 0.2) is 24.3 Å². The number of carboxylic acid groups (broad SMARTS) is 1. The number of nitro groups is 1. The summed E-state index contributed by atoms with van der Waals surface area (Å²) in [6.07, 6.45) is 1.12. The molecule has 0 radical (unpaired) electrons. The van der Waals surface area contributed by atoms with E-state index in [1.54, 1.807) is 0 Å². The molecule has 0 aromatic heterocycles. The van der Waals surface area contributed by atoms with Crippen molar-refractivity contribution in [3.8, 4) is 5.75 Å². The molecule has 1 heterocycles. The zero-order chi connectivity index (χ0) is 15.4. The van der Waals surface area contributed by atoms with Gasteiger partial charge in [-0.2, -0.15) is 0 Å². The van der Waals surface area contributed by atoms with Crippen LogP contribution in [-0.4, -0.2) is 34.1 Å². The topological polar surface area (TPSA) is 119 Å². The van der Waals surface area contributed by atoms with E-state index in [1.165, 1.54) is 24.3 Å². The second-order valence-corrected chi connectivity index (χ2v) is 4.76. The van der Waals surface area contributed by atoms with Crippen LogP contribution in [0.1, 0.15) is 19.3 Å². The van der Waals surface area contributed by atoms with E-state index in [4.69, 9.17) is 9.84 Å². The number of esters is 1. The molecule has 0 unspecified atom stereocenters. The molecule has 0 spiro atoms. The number of carbonyl (C=O) groups is 2. The van der Waals surface area contributed by atoms with Crippen molar-refractivity contribution in [2.24, 2.45) is 0 Å². The monoisotopic (exact) mass is 294 g/mol. The van der Waals surface area contributed by atoms with Gasteiger partial charge in [-0.3, -0.25) is 19.7 Å². The summed E-state index contributed by atoms with van der Waals surface area (Å²) in [5.41, 5.74) is -0.0865. The van der Waals surface area contributed by atoms with E-state index in [0.717, 1.165) is 0 Å². The first-order valence-electron chi connectivity index (χ1n) is 6.39. The van der Waals surface area contributed by atoms with Crippen molar-refractivity contribution in [1.29, 1.82) is 0 Å². The van der Waals surface area contributed by atoms with Crippen LogP contribution in [-0.2, 0) is 9.59 Å². The predicted octanol–water partition coefficient (Wildman–Crippen LogP) is 1.10. The number of ether oxygens (including phenoxy) is 1. The van der Waals surface area contributed by atoms with Gasteiger partial charge in [0.05, 0.1) is 11.3 Å². The van der Waals surface area contributed by atoms with Crippen LogP contribution in [0.4, 0.5) is 5.69 Å². The molecule has 8 heteroatoms. The third-order valence-electron chi connectivity index (χ3n) is 3.23. The van der Waals surface area contributed by atoms with Gasteiger partial charge in [0.25, 0.3) is 5.69 Å². The van der Waals surface area contributed by atoms with Crippen LogP contribution >= 0.6 is 0 Å². The molecule has 8 nitrogen and oxygen atoms in total. The van der Waals surface area contributed by atoms with Crippen molar-refractivity contribution in [2.45, 2.75) is 31.3 Å². The molecule has 21 heavy (non-hydrogen) atoms. The van der Waals surface area contributed by atoms with Gasteiger partial charge >= 0.3 is 11.9 Å². The summed E-state index contributed by atoms with van der Waals surface area (Å²) in [6.45, 7) is 0. The van der Waals surface area contributed by atoms with E-state index < -0.39 is 22.9 Å². The predicted molar refractivity (Wildman–Crippen MR) is 70.9 cm³/mol. The van der Waals surface area contributed by atoms with E-state index in [-0.39, 0.29) is 23.9 Å². The summed E-state index contributed by atoms with van der Waals surface area (Å²) in [7, 11) is 0. The van der Waals surface area contributed by atoms with Gasteiger partial charge in [0.1, 0.15) is 11.8 Å². The van der Waals surface area contributed by atoms with Crippen LogP contribution in [0.2, 0.25) is 0 Å². The number of hydrogen-bond acceptors (Lipinski definition) is 6. The fourth-order valence-electron chi connectivity index (χ4n) is 2.18. The molecular weight excluding hydrogens is 280 g/mol. The number of aliphatic carboxylic acids is 1. The van der Waals surface area contributed by atoms with Crippen LogP contribution in [0.5, 0.6) is 5.75 Å². The molecule has 2 atom stereocenters. The maximum Gasteiger partial charge on any atom is 0.320 e. The summed E-state index contributed by atoms with van der Waals surface area (Å²) in [4.78, 5) is 32.4. The van der Waals surface area contributed by atoms with Gasteiger partial charge in [0.15, 0.2) is 0 Å². The van der Waals surface area contributed by atoms with Crippen LogP contribution in [0, 0.1) is 10.1 Å². The smallest absolute Gasteiger partial charge is 0.320 e. The van der Waals surface area contributed by atoms with Gasteiger partial charge < -0.3 is 15.2 Å². The highest BCUT2D eigenvalue weighted by Gasteiger charge is 2.30. The minimum Gasteiger partial charge on any atom is -0.480 e. The van der Waals surface area contributed by atoms with Gasteiger partial charge in [-0.05, 0) is 25.0 Å². The molecule has 0 bridgehead atoms. The number of non-ortho nitro benzene ring substituents is 1. The second-order valence-electron chi connectivity index (χ2n) is 4.76. The Labute approximate surface area is 119 Å². The number of carboxylic acids is 1. The lowest BCUT2D eigenvalue weighted by molar-refractivity contribution is -0.384. The number of benzene rings is 1. The second kappa shape index (κ2) is 6.31. The lowest BCUT2D eigenvalue weighted by atomic mass is 10.1. The summed E-state index contributed by atoms with van der Waals surface area (Å²) >= 11 is 0. The van der Waals surface area contributed by atoms with Gasteiger partial charge in [0.2, 0.25) is 0 Å². The first kappa shape index (κ1) is 14.9. The van der Waals surface area contributed by atoms with Gasteiger partial charge in [-0.1, -0.05) is 0 Å². The molecule has 2 rings (SSSR count). The Bertz CT molecular complexity index is 556. The Morgan fingerprint density at radius 3 is 2.52 bits per heavy atom. The number of rotatable bonds is 5. The Hall–Kier alpha value is -2.48. The van der Waals surface area contributed by atoms with Crippen molar-refractivity contribution in [2.75, 3.05) is 0 Å². The van der Waals surface area contributed by atoms with E-state index in [1.807, 2.05) is 0 Å². The quantitative estimate of drug-likeness (QED) is 0.361. The average molecular weight is 294 g/mol. The fourth-order valence-corrected chi connectivity index (χ4v) is 2.18. The Kier molecular flexibility index (Phi) is 4.49. The average Bonchev–Trinajstić information content (AvgIpc) is 2.87. The Morgan fingerprint density at radius 1 is 1.33 bits per heavy atom. The molecule has 0 amide bonds. The summed E-state index contributed by atoms with van der Waals surface area (Å²) < 4.78 is 5.06. The van der Waals surface area contributed by atoms with Crippen molar-refractivity contribution in [3.63, 3.8) is 0 Å². The third kappa shape index (κ3) is 3.99. The number of nitro benzene ring substituents is 1. The first-order valence-corrected chi connectivity index (χ1v) is 6.39. The molecular formula is C13H14N2O6. The summed E-state index contributed by atoms with van der Waals surface area (Å²) in [5, 5.41) is 22.2. The number of hydrogen-bond donors (Lipinski definition) is 2. The van der Waals surface area contributed by atoms with Gasteiger partial charge in [0, 0.05) is 18.2 Å². The lowest BCUT2D eigenvalue weighted by Crippen LogP contribution is -2.36. The van der Waals surface area contributed by atoms with Gasteiger partial charge in [-0.15, -0.1) is 0 Å². The summed E-state index contributed by atoms with van der Waals surface area (Å²) in [5.74, 6) is -1.22. The largest absolute Gasteiger partial charge is 0.480 e. The van der Waals surface area contributed by atoms with Crippen molar-refractivity contribution in [1.82, 2.24) is 5.32 Å². The molecule has 1 aromatic carbocycles. The minimum absolute atomic E-state index is 0.0563. The van der Waals surface area contributed by atoms with E-state index >= 15 is 0 Å². The molecule has 0 aliphatic carbocycles. The molecule has 112 valence electrons. The highest BCUT2D eigenvalue weighted by atomic mass is 16.6. The molecule has 2 N–H and O–H groups in total. The van der Waals surface area contributed by atoms with E-state index in [2.05, 4.69) is 5.32 Å². The van der Waals surface area contributed by atoms with E-state index in [0.29, 0.717) is 12.8 Å². The molecule has 0 saturated carbocycles. The van der Waals surface area contributed by atoms with E-state index in [9.17, 15) is 19.7 Å². The fraction of sp³-hybridized carbons (Fsp3) is 0.385. The Morgan fingerprint density at radius 2 is 2.00 bits per heavy atom. The van der Waals surface area contributed by atoms with Crippen LogP contribution in [0.3, 0.4) is 0 Å². The number of carbonyl (C=O) groups excluding carboxylic acids is 1. The molecule has 1 aromatic rings. The standard InChI is InChI=1S/C13H14N2O6/c16-12(7-8-1-6-11(14-8)13(17)18)21-10-4-2-9(3-5-10)15(19)20/h2-5,8,11,14H,1,6-7H2,(H,17,18)/t8-,11-/m1/s1. The highest BCUT2D eigenvalue weighted by molar-refractivity contribution is 5.75. The molecule has 1 aliphatic rings. The molecule has 1 fully saturated rings. The lowest BCUT2D eigenvalue weighted by Gasteiger charge is -2.11. The Balaban J connectivity index is 1.85. The minimum atomic E-state index is -0.929. The zero-order valence-corrected chi connectivity index (χ0v) is 11.0. The number of nitrogens with one attached hydrogen (secondary N) is 1. The third-order valence-corrected chi connectivity index (χ3v) is 3.23. The maximum absolute atomic E-state index is 11.7. The SMILES string of the molecule is O=C(C[C@H]1CC[C@H](C(=O)O)N1)Oc1ccc([N+](=O)[O-])cc1. The van der Waals surface area contributed by atoms with Gasteiger partial charge in [-0.25, -0.2) is 0 Å². The molecule has 1 saturated heterocycles. The van der Waals surface area contributed by atoms with Crippen molar-refractivity contribution >= 4 is 17.6 Å². The normalized spacial score (nSPS) is 21.0. The zero-order valence-electron chi connectivity index (χ0n) is 11.0.